The van der Waals surface area contributed by atoms with Crippen molar-refractivity contribution in [1.29, 1.82) is 0 Å². The van der Waals surface area contributed by atoms with Crippen molar-refractivity contribution in [3.63, 3.8) is 0 Å². The van der Waals surface area contributed by atoms with Crippen molar-refractivity contribution in [2.24, 2.45) is 25.7 Å². The SMILES string of the molecule is Cn1c(=O)n(C)c2cc(S(=O)(=O)NC3CCCCC3CN)ccc21. The molecule has 1 heterocycles. The van der Waals surface area contributed by atoms with Crippen LogP contribution in [0.1, 0.15) is 25.7 Å². The molecule has 0 saturated heterocycles. The second-order valence-electron chi connectivity index (χ2n) is 6.56. The molecule has 7 nitrogen and oxygen atoms in total. The Morgan fingerprint density at radius 3 is 2.54 bits per heavy atom. The minimum atomic E-state index is -3.64. The van der Waals surface area contributed by atoms with E-state index in [9.17, 15) is 13.2 Å². The van der Waals surface area contributed by atoms with Gasteiger partial charge >= 0.3 is 5.69 Å². The van der Waals surface area contributed by atoms with Crippen LogP contribution < -0.4 is 16.1 Å². The van der Waals surface area contributed by atoms with Crippen LogP contribution >= 0.6 is 0 Å². The van der Waals surface area contributed by atoms with Gasteiger partial charge in [-0.1, -0.05) is 12.8 Å². The maximum absolute atomic E-state index is 12.8. The van der Waals surface area contributed by atoms with Crippen LogP contribution in [0.4, 0.5) is 0 Å². The number of sulfonamides is 1. The van der Waals surface area contributed by atoms with Crippen molar-refractivity contribution in [3.05, 3.63) is 28.7 Å². The van der Waals surface area contributed by atoms with Crippen LogP contribution in [-0.4, -0.2) is 30.1 Å². The largest absolute Gasteiger partial charge is 0.330 e. The molecule has 1 aromatic carbocycles. The zero-order valence-electron chi connectivity index (χ0n) is 14.0. The third kappa shape index (κ3) is 2.89. The third-order valence-corrected chi connectivity index (χ3v) is 6.56. The average molecular weight is 352 g/mol. The highest BCUT2D eigenvalue weighted by molar-refractivity contribution is 7.89. The summed E-state index contributed by atoms with van der Waals surface area (Å²) in [6.45, 7) is 0.486. The average Bonchev–Trinajstić information content (AvgIpc) is 2.79. The topological polar surface area (TPSA) is 99.1 Å². The Balaban J connectivity index is 1.96. The predicted molar refractivity (Wildman–Crippen MR) is 93.3 cm³/mol. The third-order valence-electron chi connectivity index (χ3n) is 5.07. The first-order chi connectivity index (χ1) is 11.3. The number of nitrogens with one attached hydrogen (secondary N) is 1. The maximum Gasteiger partial charge on any atom is 0.328 e. The Bertz CT molecular complexity index is 913. The minimum absolute atomic E-state index is 0.121. The molecule has 0 spiro atoms. The van der Waals surface area contributed by atoms with Gasteiger partial charge in [-0.15, -0.1) is 0 Å². The van der Waals surface area contributed by atoms with Crippen LogP contribution in [0.3, 0.4) is 0 Å². The van der Waals surface area contributed by atoms with E-state index in [1.165, 1.54) is 9.13 Å². The predicted octanol–water partition coefficient (Wildman–Crippen LogP) is 0.673. The summed E-state index contributed by atoms with van der Waals surface area (Å²) < 4.78 is 31.3. The molecular formula is C16H24N4O3S. The number of benzene rings is 1. The summed E-state index contributed by atoms with van der Waals surface area (Å²) in [4.78, 5) is 12.2. The first-order valence-electron chi connectivity index (χ1n) is 8.23. The van der Waals surface area contributed by atoms with Gasteiger partial charge < -0.3 is 5.73 Å². The fourth-order valence-corrected chi connectivity index (χ4v) is 4.92. The number of fused-ring (bicyclic) bond motifs is 1. The summed E-state index contributed by atoms with van der Waals surface area (Å²) in [5, 5.41) is 0. The van der Waals surface area contributed by atoms with E-state index in [4.69, 9.17) is 5.73 Å². The fourth-order valence-electron chi connectivity index (χ4n) is 3.57. The number of aryl methyl sites for hydroxylation is 2. The second kappa shape index (κ2) is 6.34. The number of hydrogen-bond donors (Lipinski definition) is 2. The highest BCUT2D eigenvalue weighted by Crippen LogP contribution is 2.26. The zero-order chi connectivity index (χ0) is 17.5. The number of imidazole rings is 1. The molecule has 0 radical (unpaired) electrons. The summed E-state index contributed by atoms with van der Waals surface area (Å²) in [6.07, 6.45) is 3.87. The normalized spacial score (nSPS) is 22.1. The lowest BCUT2D eigenvalue weighted by Gasteiger charge is -2.31. The molecule has 1 aromatic heterocycles. The number of nitrogens with two attached hydrogens (primary N) is 1. The zero-order valence-corrected chi connectivity index (χ0v) is 14.8. The monoisotopic (exact) mass is 352 g/mol. The van der Waals surface area contributed by atoms with Gasteiger partial charge in [-0.3, -0.25) is 9.13 Å². The van der Waals surface area contributed by atoms with E-state index in [2.05, 4.69) is 4.72 Å². The standard InChI is InChI=1S/C16H24N4O3S/c1-19-14-8-7-12(9-15(14)20(2)16(19)21)24(22,23)18-13-6-4-3-5-11(13)10-17/h7-9,11,13,18H,3-6,10,17H2,1-2H3. The van der Waals surface area contributed by atoms with Crippen LogP contribution in [0.2, 0.25) is 0 Å². The molecule has 132 valence electrons. The first-order valence-corrected chi connectivity index (χ1v) is 9.71. The molecule has 8 heteroatoms. The Morgan fingerprint density at radius 2 is 1.83 bits per heavy atom. The van der Waals surface area contributed by atoms with Gasteiger partial charge in [-0.05, 0) is 43.5 Å². The lowest BCUT2D eigenvalue weighted by molar-refractivity contribution is 0.296. The number of rotatable bonds is 4. The van der Waals surface area contributed by atoms with Crippen molar-refractivity contribution in [2.45, 2.75) is 36.6 Å². The van der Waals surface area contributed by atoms with Gasteiger partial charge in [-0.25, -0.2) is 17.9 Å². The van der Waals surface area contributed by atoms with Crippen molar-refractivity contribution in [2.75, 3.05) is 6.54 Å². The van der Waals surface area contributed by atoms with Crippen LogP contribution in [0.15, 0.2) is 27.9 Å². The van der Waals surface area contributed by atoms with Crippen molar-refractivity contribution < 1.29 is 8.42 Å². The van der Waals surface area contributed by atoms with Gasteiger partial charge in [0.25, 0.3) is 0 Å². The molecule has 3 rings (SSSR count). The van der Waals surface area contributed by atoms with E-state index in [-0.39, 0.29) is 22.5 Å². The van der Waals surface area contributed by atoms with Gasteiger partial charge in [-0.2, -0.15) is 0 Å². The molecule has 2 atom stereocenters. The molecule has 0 bridgehead atoms. The molecule has 0 amide bonds. The number of aromatic nitrogens is 2. The van der Waals surface area contributed by atoms with Crippen LogP contribution in [-0.2, 0) is 24.1 Å². The quantitative estimate of drug-likeness (QED) is 0.845. The number of hydrogen-bond acceptors (Lipinski definition) is 4. The van der Waals surface area contributed by atoms with E-state index in [1.54, 1.807) is 32.3 Å². The molecule has 1 aliphatic rings. The minimum Gasteiger partial charge on any atom is -0.330 e. The molecule has 1 saturated carbocycles. The molecule has 24 heavy (non-hydrogen) atoms. The Morgan fingerprint density at radius 1 is 1.17 bits per heavy atom. The molecule has 1 aliphatic carbocycles. The molecule has 3 N–H and O–H groups in total. The molecule has 0 aliphatic heterocycles. The Kier molecular flexibility index (Phi) is 4.54. The van der Waals surface area contributed by atoms with Crippen LogP contribution in [0.5, 0.6) is 0 Å². The lowest BCUT2D eigenvalue weighted by Crippen LogP contribution is -2.44. The van der Waals surface area contributed by atoms with Crippen LogP contribution in [0, 0.1) is 5.92 Å². The summed E-state index contributed by atoms with van der Waals surface area (Å²) in [5.74, 6) is 0.179. The van der Waals surface area contributed by atoms with Gasteiger partial charge in [0.1, 0.15) is 0 Å². The van der Waals surface area contributed by atoms with Gasteiger partial charge in [0.2, 0.25) is 10.0 Å². The summed E-state index contributed by atoms with van der Waals surface area (Å²) in [7, 11) is -0.334. The van der Waals surface area contributed by atoms with Gasteiger partial charge in [0.05, 0.1) is 15.9 Å². The molecule has 2 unspecified atom stereocenters. The van der Waals surface area contributed by atoms with E-state index in [0.29, 0.717) is 17.6 Å². The van der Waals surface area contributed by atoms with Crippen molar-refractivity contribution in [3.8, 4) is 0 Å². The van der Waals surface area contributed by atoms with Crippen molar-refractivity contribution >= 4 is 21.1 Å². The Labute approximate surface area is 141 Å². The lowest BCUT2D eigenvalue weighted by atomic mass is 9.85. The van der Waals surface area contributed by atoms with Gasteiger partial charge in [0.15, 0.2) is 0 Å². The highest BCUT2D eigenvalue weighted by atomic mass is 32.2. The van der Waals surface area contributed by atoms with Gasteiger partial charge in [0, 0.05) is 20.1 Å². The maximum atomic E-state index is 12.8. The summed E-state index contributed by atoms with van der Waals surface area (Å²) in [6, 6.07) is 4.65. The van der Waals surface area contributed by atoms with Crippen molar-refractivity contribution in [1.82, 2.24) is 13.9 Å². The second-order valence-corrected chi connectivity index (χ2v) is 8.27. The van der Waals surface area contributed by atoms with E-state index < -0.39 is 10.0 Å². The van der Waals surface area contributed by atoms with E-state index in [1.807, 2.05) is 0 Å². The smallest absolute Gasteiger partial charge is 0.328 e. The fraction of sp³-hybridized carbons (Fsp3) is 0.562. The summed E-state index contributed by atoms with van der Waals surface area (Å²) in [5.41, 5.74) is 6.92. The molecular weight excluding hydrogens is 328 g/mol. The highest BCUT2D eigenvalue weighted by Gasteiger charge is 2.29. The molecule has 1 fully saturated rings. The molecule has 2 aromatic rings. The summed E-state index contributed by atoms with van der Waals surface area (Å²) >= 11 is 0. The number of nitrogens with zero attached hydrogens (tertiary/aromatic N) is 2. The van der Waals surface area contributed by atoms with Crippen LogP contribution in [0.25, 0.3) is 11.0 Å². The van der Waals surface area contributed by atoms with E-state index in [0.717, 1.165) is 25.7 Å². The Hall–Kier alpha value is -1.64. The van der Waals surface area contributed by atoms with E-state index >= 15 is 0 Å². The first kappa shape index (κ1) is 17.2.